The number of carbonyl (C=O) groups is 1. The van der Waals surface area contributed by atoms with Crippen LogP contribution in [-0.2, 0) is 19.5 Å². The van der Waals surface area contributed by atoms with Crippen molar-refractivity contribution in [3.05, 3.63) is 118 Å². The Morgan fingerprint density at radius 2 is 1.73 bits per heavy atom. The summed E-state index contributed by atoms with van der Waals surface area (Å²) in [6.07, 6.45) is 3.03. The van der Waals surface area contributed by atoms with Crippen LogP contribution in [0.2, 0.25) is 0 Å². The number of anilines is 1. The van der Waals surface area contributed by atoms with E-state index in [1.54, 1.807) is 23.5 Å². The molecule has 6 nitrogen and oxygen atoms in total. The second-order valence-corrected chi connectivity index (χ2v) is 11.6. The molecule has 1 fully saturated rings. The van der Waals surface area contributed by atoms with Crippen LogP contribution in [0, 0.1) is 12.7 Å². The fourth-order valence-electron chi connectivity index (χ4n) is 5.48. The number of piperazine rings is 1. The molecule has 1 aliphatic rings. The van der Waals surface area contributed by atoms with Gasteiger partial charge < -0.3 is 14.8 Å². The Hall–Kier alpha value is -4.01. The molecule has 3 aromatic carbocycles. The van der Waals surface area contributed by atoms with E-state index in [1.165, 1.54) is 28.1 Å². The number of hydrogen-bond acceptors (Lipinski definition) is 5. The van der Waals surface area contributed by atoms with E-state index in [2.05, 4.69) is 71.5 Å². The number of fused-ring (bicyclic) bond motifs is 1. The molecule has 41 heavy (non-hydrogen) atoms. The van der Waals surface area contributed by atoms with Gasteiger partial charge in [0.15, 0.2) is 0 Å². The smallest absolute Gasteiger partial charge is 0.273 e. The van der Waals surface area contributed by atoms with Crippen molar-refractivity contribution in [2.45, 2.75) is 26.4 Å². The predicted octanol–water partition coefficient (Wildman–Crippen LogP) is 6.28. The van der Waals surface area contributed by atoms with Crippen molar-refractivity contribution in [1.29, 1.82) is 0 Å². The lowest BCUT2D eigenvalue weighted by Crippen LogP contribution is -2.49. The van der Waals surface area contributed by atoms with Crippen molar-refractivity contribution in [3.8, 4) is 0 Å². The lowest BCUT2D eigenvalue weighted by atomic mass is 10.1. The van der Waals surface area contributed by atoms with Gasteiger partial charge in [-0.2, -0.15) is 0 Å². The number of amides is 1. The van der Waals surface area contributed by atoms with E-state index in [9.17, 15) is 9.18 Å². The number of carbonyl (C=O) groups excluding carboxylic acids is 1. The van der Waals surface area contributed by atoms with Gasteiger partial charge in [0.1, 0.15) is 16.5 Å². The van der Waals surface area contributed by atoms with Crippen LogP contribution in [0.5, 0.6) is 0 Å². The molecule has 0 spiro atoms. The number of aryl methyl sites for hydroxylation is 1. The standard InChI is InChI=1S/C33H34FN5OS/c1-24-10-12-25(13-11-24)21-37(15-14-26-20-35-29-8-4-2-6-27(26)29)22-32-36-30(23-41-32)33(40)39-18-16-38(17-19-39)31-9-5-3-7-28(31)34/h2-13,20,23,35H,14-19,21-22H2,1H3. The first kappa shape index (κ1) is 27.2. The number of halogens is 1. The van der Waals surface area contributed by atoms with Crippen molar-refractivity contribution >= 4 is 33.8 Å². The maximum Gasteiger partial charge on any atom is 0.273 e. The van der Waals surface area contributed by atoms with E-state index >= 15 is 0 Å². The number of benzene rings is 3. The molecule has 1 amide bonds. The largest absolute Gasteiger partial charge is 0.366 e. The summed E-state index contributed by atoms with van der Waals surface area (Å²) in [7, 11) is 0. The number of nitrogens with one attached hydrogen (secondary N) is 1. The minimum absolute atomic E-state index is 0.0513. The quantitative estimate of drug-likeness (QED) is 0.228. The van der Waals surface area contributed by atoms with Crippen LogP contribution in [0.15, 0.2) is 84.4 Å². The van der Waals surface area contributed by atoms with Crippen LogP contribution in [0.1, 0.15) is 32.2 Å². The Balaban J connectivity index is 1.11. The molecule has 1 N–H and O–H groups in total. The van der Waals surface area contributed by atoms with Gasteiger partial charge in [-0.15, -0.1) is 11.3 Å². The molecule has 5 aromatic rings. The molecule has 0 atom stereocenters. The van der Waals surface area contributed by atoms with Crippen LogP contribution in [0.25, 0.3) is 10.9 Å². The van der Waals surface area contributed by atoms with Gasteiger partial charge in [0, 0.05) is 61.7 Å². The SMILES string of the molecule is Cc1ccc(CN(CCc2c[nH]c3ccccc23)Cc2nc(C(=O)N3CCN(c4ccccc4F)CC3)cs2)cc1. The number of thiazole rings is 1. The molecule has 1 aliphatic heterocycles. The van der Waals surface area contributed by atoms with Crippen LogP contribution >= 0.6 is 11.3 Å². The van der Waals surface area contributed by atoms with E-state index in [0.717, 1.165) is 30.0 Å². The monoisotopic (exact) mass is 567 g/mol. The summed E-state index contributed by atoms with van der Waals surface area (Å²) >= 11 is 1.54. The number of hydrogen-bond donors (Lipinski definition) is 1. The van der Waals surface area contributed by atoms with Gasteiger partial charge in [0.25, 0.3) is 5.91 Å². The second kappa shape index (κ2) is 12.2. The Morgan fingerprint density at radius 1 is 0.976 bits per heavy atom. The normalized spacial score (nSPS) is 13.8. The summed E-state index contributed by atoms with van der Waals surface area (Å²) in [6.45, 7) is 6.75. The average Bonchev–Trinajstić information content (AvgIpc) is 3.64. The van der Waals surface area contributed by atoms with Crippen LogP contribution in [0.4, 0.5) is 10.1 Å². The first-order chi connectivity index (χ1) is 20.0. The fourth-order valence-corrected chi connectivity index (χ4v) is 6.29. The topological polar surface area (TPSA) is 55.5 Å². The van der Waals surface area contributed by atoms with Crippen molar-refractivity contribution in [3.63, 3.8) is 0 Å². The molecule has 210 valence electrons. The molecule has 0 bridgehead atoms. The summed E-state index contributed by atoms with van der Waals surface area (Å²) in [5.41, 5.74) is 6.06. The average molecular weight is 568 g/mol. The van der Waals surface area contributed by atoms with Gasteiger partial charge in [-0.1, -0.05) is 60.2 Å². The molecule has 0 aliphatic carbocycles. The molecule has 0 unspecified atom stereocenters. The molecule has 1 saturated heterocycles. The van der Waals surface area contributed by atoms with Crippen molar-refractivity contribution < 1.29 is 9.18 Å². The van der Waals surface area contributed by atoms with Crippen molar-refractivity contribution in [2.24, 2.45) is 0 Å². The Morgan fingerprint density at radius 3 is 2.54 bits per heavy atom. The molecule has 0 saturated carbocycles. The zero-order chi connectivity index (χ0) is 28.2. The summed E-state index contributed by atoms with van der Waals surface area (Å²) in [6, 6.07) is 23.9. The lowest BCUT2D eigenvalue weighted by molar-refractivity contribution is 0.0741. The van der Waals surface area contributed by atoms with Crippen LogP contribution in [-0.4, -0.2) is 58.4 Å². The van der Waals surface area contributed by atoms with Gasteiger partial charge in [0.2, 0.25) is 0 Å². The maximum atomic E-state index is 14.2. The fraction of sp³-hybridized carbons (Fsp3) is 0.273. The van der Waals surface area contributed by atoms with E-state index in [-0.39, 0.29) is 11.7 Å². The summed E-state index contributed by atoms with van der Waals surface area (Å²) in [5, 5.41) is 4.08. The molecule has 6 rings (SSSR count). The molecule has 2 aromatic heterocycles. The summed E-state index contributed by atoms with van der Waals surface area (Å²) in [5.74, 6) is -0.277. The summed E-state index contributed by atoms with van der Waals surface area (Å²) < 4.78 is 14.2. The first-order valence-corrected chi connectivity index (χ1v) is 15.0. The Labute approximate surface area is 244 Å². The van der Waals surface area contributed by atoms with E-state index in [4.69, 9.17) is 4.98 Å². The third-order valence-electron chi connectivity index (χ3n) is 7.79. The molecular formula is C33H34FN5OS. The number of para-hydroxylation sites is 2. The van der Waals surface area contributed by atoms with Gasteiger partial charge in [-0.25, -0.2) is 9.37 Å². The highest BCUT2D eigenvalue weighted by atomic mass is 32.1. The minimum atomic E-state index is -0.226. The molecular weight excluding hydrogens is 533 g/mol. The third kappa shape index (κ3) is 6.34. The molecule has 8 heteroatoms. The molecule has 3 heterocycles. The zero-order valence-corrected chi connectivity index (χ0v) is 24.0. The lowest BCUT2D eigenvalue weighted by Gasteiger charge is -2.35. The highest BCUT2D eigenvalue weighted by molar-refractivity contribution is 7.09. The number of nitrogens with zero attached hydrogens (tertiary/aromatic N) is 4. The minimum Gasteiger partial charge on any atom is -0.366 e. The number of rotatable bonds is 9. The molecule has 0 radical (unpaired) electrons. The van der Waals surface area contributed by atoms with Crippen LogP contribution in [0.3, 0.4) is 0 Å². The van der Waals surface area contributed by atoms with E-state index < -0.39 is 0 Å². The predicted molar refractivity (Wildman–Crippen MR) is 164 cm³/mol. The second-order valence-electron chi connectivity index (χ2n) is 10.7. The number of H-pyrrole nitrogens is 1. The Bertz CT molecular complexity index is 1620. The van der Waals surface area contributed by atoms with Crippen molar-refractivity contribution in [2.75, 3.05) is 37.6 Å². The summed E-state index contributed by atoms with van der Waals surface area (Å²) in [4.78, 5) is 27.7. The first-order valence-electron chi connectivity index (χ1n) is 14.1. The van der Waals surface area contributed by atoms with Gasteiger partial charge in [-0.3, -0.25) is 9.69 Å². The van der Waals surface area contributed by atoms with Crippen LogP contribution < -0.4 is 4.90 Å². The van der Waals surface area contributed by atoms with E-state index in [1.807, 2.05) is 21.2 Å². The van der Waals surface area contributed by atoms with Crippen molar-refractivity contribution in [1.82, 2.24) is 19.8 Å². The van der Waals surface area contributed by atoms with Gasteiger partial charge in [0.05, 0.1) is 12.2 Å². The number of aromatic amines is 1. The maximum absolute atomic E-state index is 14.2. The van der Waals surface area contributed by atoms with Gasteiger partial charge in [-0.05, 0) is 42.7 Å². The zero-order valence-electron chi connectivity index (χ0n) is 23.2. The van der Waals surface area contributed by atoms with Gasteiger partial charge >= 0.3 is 0 Å². The third-order valence-corrected chi connectivity index (χ3v) is 8.62. The highest BCUT2D eigenvalue weighted by Crippen LogP contribution is 2.23. The number of aromatic nitrogens is 2. The van der Waals surface area contributed by atoms with E-state index in [0.29, 0.717) is 44.1 Å². The Kier molecular flexibility index (Phi) is 8.11. The highest BCUT2D eigenvalue weighted by Gasteiger charge is 2.25.